The lowest BCUT2D eigenvalue weighted by Gasteiger charge is -2.32. The predicted octanol–water partition coefficient (Wildman–Crippen LogP) is 5.24. The quantitative estimate of drug-likeness (QED) is 0.481. The molecule has 0 spiro atoms. The second-order valence-electron chi connectivity index (χ2n) is 9.37. The van der Waals surface area contributed by atoms with Crippen LogP contribution in [0.4, 0.5) is 0 Å². The van der Waals surface area contributed by atoms with Gasteiger partial charge in [0.25, 0.3) is 0 Å². The summed E-state index contributed by atoms with van der Waals surface area (Å²) < 4.78 is 0. The van der Waals surface area contributed by atoms with Crippen molar-refractivity contribution in [3.8, 4) is 0 Å². The molecule has 0 unspecified atom stereocenters. The number of amides is 2. The van der Waals surface area contributed by atoms with Gasteiger partial charge in [0.05, 0.1) is 6.42 Å². The molecular weight excluding hydrogens is 420 g/mol. The van der Waals surface area contributed by atoms with Gasteiger partial charge in [0.1, 0.15) is 6.04 Å². The van der Waals surface area contributed by atoms with Crippen LogP contribution >= 0.6 is 0 Å². The molecule has 4 nitrogen and oxygen atoms in total. The van der Waals surface area contributed by atoms with Crippen LogP contribution in [-0.4, -0.2) is 28.8 Å². The Labute approximate surface area is 203 Å². The fraction of sp³-hybridized carbons (Fsp3) is 0.333. The van der Waals surface area contributed by atoms with Gasteiger partial charge >= 0.3 is 0 Å². The van der Waals surface area contributed by atoms with E-state index in [1.54, 1.807) is 4.90 Å². The highest BCUT2D eigenvalue weighted by atomic mass is 16.2. The van der Waals surface area contributed by atoms with Crippen LogP contribution in [0.2, 0.25) is 0 Å². The van der Waals surface area contributed by atoms with Crippen LogP contribution in [0.1, 0.15) is 47.9 Å². The topological polar surface area (TPSA) is 49.4 Å². The first-order valence-electron chi connectivity index (χ1n) is 12.3. The molecule has 0 heterocycles. The third-order valence-electron chi connectivity index (χ3n) is 6.61. The Hall–Kier alpha value is -3.40. The van der Waals surface area contributed by atoms with Crippen LogP contribution in [-0.2, 0) is 29.0 Å². The summed E-state index contributed by atoms with van der Waals surface area (Å²) in [5.74, 6) is -0.0822. The molecule has 1 aliphatic carbocycles. The average Bonchev–Trinajstić information content (AvgIpc) is 3.35. The predicted molar refractivity (Wildman–Crippen MR) is 136 cm³/mol. The molecule has 0 aliphatic heterocycles. The van der Waals surface area contributed by atoms with Gasteiger partial charge in [0, 0.05) is 19.0 Å². The first-order valence-corrected chi connectivity index (χ1v) is 12.3. The number of benzene rings is 3. The third-order valence-corrected chi connectivity index (χ3v) is 6.61. The van der Waals surface area contributed by atoms with Gasteiger partial charge in [0.2, 0.25) is 11.8 Å². The lowest BCUT2D eigenvalue weighted by molar-refractivity contribution is -0.141. The average molecular weight is 455 g/mol. The molecule has 1 N–H and O–H groups in total. The summed E-state index contributed by atoms with van der Waals surface area (Å²) in [5.41, 5.74) is 4.17. The molecule has 0 radical (unpaired) electrons. The minimum Gasteiger partial charge on any atom is -0.352 e. The molecule has 34 heavy (non-hydrogen) atoms. The number of nitrogens with zero attached hydrogens (tertiary/aromatic N) is 1. The van der Waals surface area contributed by atoms with Crippen molar-refractivity contribution in [3.05, 3.63) is 107 Å². The van der Waals surface area contributed by atoms with Crippen LogP contribution in [0, 0.1) is 6.92 Å². The maximum Gasteiger partial charge on any atom is 0.243 e. The van der Waals surface area contributed by atoms with Crippen molar-refractivity contribution in [2.45, 2.75) is 64.1 Å². The molecule has 4 heteroatoms. The molecule has 0 saturated heterocycles. The summed E-state index contributed by atoms with van der Waals surface area (Å²) in [7, 11) is 0. The largest absolute Gasteiger partial charge is 0.352 e. The second-order valence-corrected chi connectivity index (χ2v) is 9.37. The van der Waals surface area contributed by atoms with Crippen molar-refractivity contribution in [1.82, 2.24) is 10.2 Å². The summed E-state index contributed by atoms with van der Waals surface area (Å²) in [5, 5.41) is 3.26. The fourth-order valence-electron chi connectivity index (χ4n) is 4.80. The summed E-state index contributed by atoms with van der Waals surface area (Å²) in [6.45, 7) is 2.43. The summed E-state index contributed by atoms with van der Waals surface area (Å²) in [6, 6.07) is 27.6. The number of aryl methyl sites for hydroxylation is 1. The van der Waals surface area contributed by atoms with Crippen molar-refractivity contribution in [2.75, 3.05) is 0 Å². The molecule has 1 saturated carbocycles. The third kappa shape index (κ3) is 6.57. The SMILES string of the molecule is Cc1cccc(CC(=O)N(Cc2ccccc2)[C@@H](Cc2ccccc2)C(=O)NC2CCCC2)c1. The van der Waals surface area contributed by atoms with Crippen molar-refractivity contribution in [3.63, 3.8) is 0 Å². The van der Waals surface area contributed by atoms with Gasteiger partial charge in [-0.1, -0.05) is 103 Å². The van der Waals surface area contributed by atoms with E-state index in [1.165, 1.54) is 0 Å². The van der Waals surface area contributed by atoms with Gasteiger partial charge < -0.3 is 10.2 Å². The standard InChI is InChI=1S/C30H34N2O2/c1-23-11-10-16-26(19-23)21-29(33)32(22-25-14-6-3-7-15-25)28(20-24-12-4-2-5-13-24)30(34)31-27-17-8-9-18-27/h2-7,10-16,19,27-28H,8-9,17-18,20-22H2,1H3,(H,31,34)/t28-/m0/s1. The van der Waals surface area contributed by atoms with Crippen LogP contribution < -0.4 is 5.32 Å². The zero-order valence-corrected chi connectivity index (χ0v) is 20.0. The second kappa shape index (κ2) is 11.6. The van der Waals surface area contributed by atoms with Gasteiger partial charge in [-0.05, 0) is 36.5 Å². The number of nitrogens with one attached hydrogen (secondary N) is 1. The summed E-state index contributed by atoms with van der Waals surface area (Å²) >= 11 is 0. The zero-order valence-electron chi connectivity index (χ0n) is 20.0. The van der Waals surface area contributed by atoms with Crippen molar-refractivity contribution < 1.29 is 9.59 Å². The molecule has 176 valence electrons. The lowest BCUT2D eigenvalue weighted by atomic mass is 10.0. The van der Waals surface area contributed by atoms with Crippen LogP contribution in [0.15, 0.2) is 84.9 Å². The Morgan fingerprint density at radius 1 is 0.853 bits per heavy atom. The number of carbonyl (C=O) groups is 2. The van der Waals surface area contributed by atoms with E-state index in [-0.39, 0.29) is 24.3 Å². The van der Waals surface area contributed by atoms with E-state index in [0.29, 0.717) is 13.0 Å². The Kier molecular flexibility index (Phi) is 8.13. The van der Waals surface area contributed by atoms with Crippen LogP contribution in [0.25, 0.3) is 0 Å². The van der Waals surface area contributed by atoms with E-state index >= 15 is 0 Å². The molecule has 2 amide bonds. The first-order chi connectivity index (χ1) is 16.6. The Morgan fingerprint density at radius 2 is 1.47 bits per heavy atom. The molecule has 1 aliphatic rings. The molecule has 0 bridgehead atoms. The minimum absolute atomic E-state index is 0.0306. The van der Waals surface area contributed by atoms with Gasteiger partial charge in [-0.15, -0.1) is 0 Å². The molecule has 1 atom stereocenters. The molecule has 3 aromatic rings. The highest BCUT2D eigenvalue weighted by molar-refractivity contribution is 5.89. The van der Waals surface area contributed by atoms with Gasteiger partial charge in [0.15, 0.2) is 0 Å². The van der Waals surface area contributed by atoms with E-state index in [9.17, 15) is 9.59 Å². The molecule has 3 aromatic carbocycles. The fourth-order valence-corrected chi connectivity index (χ4v) is 4.80. The minimum atomic E-state index is -0.569. The number of hydrogen-bond donors (Lipinski definition) is 1. The van der Waals surface area contributed by atoms with E-state index in [1.807, 2.05) is 91.9 Å². The number of carbonyl (C=O) groups excluding carboxylic acids is 2. The Balaban J connectivity index is 1.64. The van der Waals surface area contributed by atoms with Crippen molar-refractivity contribution >= 4 is 11.8 Å². The monoisotopic (exact) mass is 454 g/mol. The van der Waals surface area contributed by atoms with Gasteiger partial charge in [-0.25, -0.2) is 0 Å². The van der Waals surface area contributed by atoms with E-state index in [4.69, 9.17) is 0 Å². The van der Waals surface area contributed by atoms with E-state index < -0.39 is 6.04 Å². The Bertz CT molecular complexity index is 1080. The van der Waals surface area contributed by atoms with Gasteiger partial charge in [-0.2, -0.15) is 0 Å². The number of rotatable bonds is 9. The van der Waals surface area contributed by atoms with Crippen molar-refractivity contribution in [1.29, 1.82) is 0 Å². The highest BCUT2D eigenvalue weighted by Crippen LogP contribution is 2.20. The molecular formula is C30H34N2O2. The van der Waals surface area contributed by atoms with E-state index in [0.717, 1.165) is 47.9 Å². The first kappa shape index (κ1) is 23.7. The highest BCUT2D eigenvalue weighted by Gasteiger charge is 2.32. The van der Waals surface area contributed by atoms with Gasteiger partial charge in [-0.3, -0.25) is 9.59 Å². The maximum atomic E-state index is 13.7. The van der Waals surface area contributed by atoms with Crippen LogP contribution in [0.5, 0.6) is 0 Å². The van der Waals surface area contributed by atoms with E-state index in [2.05, 4.69) is 5.32 Å². The van der Waals surface area contributed by atoms with Crippen molar-refractivity contribution in [2.24, 2.45) is 0 Å². The summed E-state index contributed by atoms with van der Waals surface area (Å²) in [6.07, 6.45) is 5.09. The smallest absolute Gasteiger partial charge is 0.243 e. The zero-order chi connectivity index (χ0) is 23.8. The molecule has 4 rings (SSSR count). The molecule has 0 aromatic heterocycles. The molecule has 1 fully saturated rings. The number of hydrogen-bond acceptors (Lipinski definition) is 2. The lowest BCUT2D eigenvalue weighted by Crippen LogP contribution is -2.52. The Morgan fingerprint density at radius 3 is 2.12 bits per heavy atom. The normalized spacial score (nSPS) is 14.5. The summed E-state index contributed by atoms with van der Waals surface area (Å²) in [4.78, 5) is 29.2. The van der Waals surface area contributed by atoms with Crippen LogP contribution in [0.3, 0.4) is 0 Å². The maximum absolute atomic E-state index is 13.7.